The molecule has 48 valence electrons. The van der Waals surface area contributed by atoms with Crippen molar-refractivity contribution in [1.29, 1.82) is 0 Å². The van der Waals surface area contributed by atoms with E-state index in [1.165, 1.54) is 0 Å². The second kappa shape index (κ2) is 3.32. The van der Waals surface area contributed by atoms with Crippen molar-refractivity contribution in [3.8, 4) is 0 Å². The van der Waals surface area contributed by atoms with Crippen LogP contribution in [0.3, 0.4) is 0 Å². The maximum absolute atomic E-state index is 10.7. The van der Waals surface area contributed by atoms with Crippen LogP contribution in [0.4, 0.5) is 0 Å². The molecule has 4 heteroatoms. The molecule has 1 nitrogen and oxygen atoms in total. The number of carbonyl (C=O) groups excluding carboxylic acids is 1. The maximum Gasteiger partial charge on any atom is 0.170 e. The van der Waals surface area contributed by atoms with Crippen LogP contribution in [-0.4, -0.2) is 14.3 Å². The number of rotatable bonds is 2. The molecule has 0 heterocycles. The Hall–Kier alpha value is 1.11. The van der Waals surface area contributed by atoms with Gasteiger partial charge in [-0.2, -0.15) is 0 Å². The van der Waals surface area contributed by atoms with E-state index >= 15 is 0 Å². The molecule has 0 aliphatic carbocycles. The highest BCUT2D eigenvalue weighted by Crippen LogP contribution is 2.26. The first kappa shape index (κ1) is 9.11. The normalized spacial score (nSPS) is 11.5. The summed E-state index contributed by atoms with van der Waals surface area (Å²) >= 11 is 9.32. The fourth-order valence-electron chi connectivity index (χ4n) is 0.117. The van der Waals surface area contributed by atoms with Gasteiger partial charge >= 0.3 is 0 Å². The van der Waals surface area contributed by atoms with Gasteiger partial charge in [-0.1, -0.05) is 47.8 Å². The van der Waals surface area contributed by atoms with Gasteiger partial charge in [0.15, 0.2) is 5.78 Å². The quantitative estimate of drug-likeness (QED) is 0.716. The molecule has 0 fully saturated rings. The Labute approximate surface area is 73.6 Å². The smallest absolute Gasteiger partial charge is 0.170 e. The Balaban J connectivity index is 3.82. The monoisotopic (exact) mass is 306 g/mol. The van der Waals surface area contributed by atoms with Gasteiger partial charge in [0.2, 0.25) is 0 Å². The van der Waals surface area contributed by atoms with Crippen molar-refractivity contribution in [2.45, 2.75) is 10.2 Å². The minimum Gasteiger partial charge on any atom is -0.296 e. The minimum absolute atomic E-state index is 0.0810. The first-order valence-corrected chi connectivity index (χ1v) is 4.66. The zero-order valence-electron chi connectivity index (χ0n) is 4.25. The van der Waals surface area contributed by atoms with E-state index in [0.717, 1.165) is 0 Å². The lowest BCUT2D eigenvalue weighted by Crippen LogP contribution is -2.20. The first-order valence-electron chi connectivity index (χ1n) is 1.95. The summed E-state index contributed by atoms with van der Waals surface area (Å²) < 4.78 is -0.552. The third-order valence-electron chi connectivity index (χ3n) is 0.611. The average molecular weight is 309 g/mol. The Morgan fingerprint density at radius 3 is 2.00 bits per heavy atom. The third-order valence-corrected chi connectivity index (χ3v) is 2.00. The Kier molecular flexibility index (Phi) is 3.78. The molecule has 0 aromatic carbocycles. The molecule has 0 bridgehead atoms. The Bertz CT molecular complexity index is 93.9. The standard InChI is InChI=1S/C4H5Br3O/c1-4(6,7)3(8)2-5/h2H2,1H3. The summed E-state index contributed by atoms with van der Waals surface area (Å²) in [5, 5.41) is 0.375. The van der Waals surface area contributed by atoms with Crippen molar-refractivity contribution >= 4 is 53.6 Å². The van der Waals surface area contributed by atoms with Crippen molar-refractivity contribution in [2.75, 3.05) is 5.33 Å². The minimum atomic E-state index is -0.552. The number of ketones is 1. The highest BCUT2D eigenvalue weighted by atomic mass is 79.9. The molecule has 8 heavy (non-hydrogen) atoms. The molecule has 0 saturated heterocycles. The maximum atomic E-state index is 10.7. The van der Waals surface area contributed by atoms with Crippen LogP contribution in [-0.2, 0) is 4.79 Å². The molecule has 0 radical (unpaired) electrons. The number of carbonyl (C=O) groups is 1. The molecule has 0 rings (SSSR count). The molecular formula is C4H5Br3O. The van der Waals surface area contributed by atoms with E-state index in [4.69, 9.17) is 0 Å². The summed E-state index contributed by atoms with van der Waals surface area (Å²) in [6.45, 7) is 1.75. The predicted octanol–water partition coefficient (Wildman–Crippen LogP) is 2.46. The van der Waals surface area contributed by atoms with E-state index in [0.29, 0.717) is 5.33 Å². The largest absolute Gasteiger partial charge is 0.296 e. The van der Waals surface area contributed by atoms with Crippen LogP contribution in [0.25, 0.3) is 0 Å². The number of hydrogen-bond acceptors (Lipinski definition) is 1. The highest BCUT2D eigenvalue weighted by molar-refractivity contribution is 9.26. The molecule has 0 aromatic heterocycles. The zero-order valence-corrected chi connectivity index (χ0v) is 9.01. The van der Waals surface area contributed by atoms with Gasteiger partial charge in [0.25, 0.3) is 0 Å². The van der Waals surface area contributed by atoms with Crippen molar-refractivity contribution in [3.05, 3.63) is 0 Å². The summed E-state index contributed by atoms with van der Waals surface area (Å²) in [7, 11) is 0. The molecule has 0 aromatic rings. The van der Waals surface area contributed by atoms with E-state index in [9.17, 15) is 4.79 Å². The van der Waals surface area contributed by atoms with Crippen LogP contribution in [0.5, 0.6) is 0 Å². The number of hydrogen-bond donors (Lipinski definition) is 0. The Morgan fingerprint density at radius 2 is 2.00 bits per heavy atom. The van der Waals surface area contributed by atoms with Gasteiger partial charge in [-0.05, 0) is 6.92 Å². The number of Topliss-reactive ketones (excluding diaryl/α,β-unsaturated/α-hetero) is 1. The van der Waals surface area contributed by atoms with Gasteiger partial charge in [-0.25, -0.2) is 0 Å². The van der Waals surface area contributed by atoms with Crippen molar-refractivity contribution in [1.82, 2.24) is 0 Å². The van der Waals surface area contributed by atoms with Gasteiger partial charge in [0, 0.05) is 0 Å². The SMILES string of the molecule is CC(Br)(Br)C(=O)CBr. The molecule has 0 atom stereocenters. The van der Waals surface area contributed by atoms with Crippen LogP contribution in [0, 0.1) is 0 Å². The number of alkyl halides is 3. The molecule has 0 amide bonds. The molecule has 0 N–H and O–H groups in total. The molecular weight excluding hydrogens is 304 g/mol. The average Bonchev–Trinajstić information content (AvgIpc) is 1.62. The summed E-state index contributed by atoms with van der Waals surface area (Å²) in [4.78, 5) is 10.7. The van der Waals surface area contributed by atoms with E-state index in [2.05, 4.69) is 47.8 Å². The molecule has 0 spiro atoms. The molecule has 0 aliphatic rings. The van der Waals surface area contributed by atoms with Gasteiger partial charge in [-0.3, -0.25) is 4.79 Å². The first-order chi connectivity index (χ1) is 3.48. The lowest BCUT2D eigenvalue weighted by Gasteiger charge is -2.08. The third kappa shape index (κ3) is 3.20. The van der Waals surface area contributed by atoms with Crippen LogP contribution in [0.2, 0.25) is 0 Å². The van der Waals surface area contributed by atoms with Crippen molar-refractivity contribution in [3.63, 3.8) is 0 Å². The fraction of sp³-hybridized carbons (Fsp3) is 0.750. The number of halogens is 3. The van der Waals surface area contributed by atoms with E-state index in [1.54, 1.807) is 6.92 Å². The predicted molar refractivity (Wildman–Crippen MR) is 45.1 cm³/mol. The van der Waals surface area contributed by atoms with Crippen molar-refractivity contribution < 1.29 is 4.79 Å². The fourth-order valence-corrected chi connectivity index (χ4v) is 1.71. The molecule has 0 aliphatic heterocycles. The van der Waals surface area contributed by atoms with Crippen LogP contribution in [0.1, 0.15) is 6.92 Å². The molecule has 0 unspecified atom stereocenters. The Morgan fingerprint density at radius 1 is 1.62 bits per heavy atom. The summed E-state index contributed by atoms with van der Waals surface area (Å²) in [6.07, 6.45) is 0. The topological polar surface area (TPSA) is 17.1 Å². The van der Waals surface area contributed by atoms with E-state index < -0.39 is 3.23 Å². The van der Waals surface area contributed by atoms with E-state index in [-0.39, 0.29) is 5.78 Å². The summed E-state index contributed by atoms with van der Waals surface area (Å²) in [5.41, 5.74) is 0. The van der Waals surface area contributed by atoms with E-state index in [1.807, 2.05) is 0 Å². The highest BCUT2D eigenvalue weighted by Gasteiger charge is 2.23. The van der Waals surface area contributed by atoms with Gasteiger partial charge in [0.1, 0.15) is 3.23 Å². The van der Waals surface area contributed by atoms with Gasteiger partial charge < -0.3 is 0 Å². The summed E-state index contributed by atoms with van der Waals surface area (Å²) in [6, 6.07) is 0. The second-order valence-electron chi connectivity index (χ2n) is 1.45. The molecule has 0 saturated carbocycles. The second-order valence-corrected chi connectivity index (χ2v) is 6.24. The van der Waals surface area contributed by atoms with Crippen LogP contribution < -0.4 is 0 Å². The van der Waals surface area contributed by atoms with Crippen LogP contribution >= 0.6 is 47.8 Å². The van der Waals surface area contributed by atoms with Gasteiger partial charge in [0.05, 0.1) is 5.33 Å². The van der Waals surface area contributed by atoms with Gasteiger partial charge in [-0.15, -0.1) is 0 Å². The summed E-state index contributed by atoms with van der Waals surface area (Å²) in [5.74, 6) is 0.0810. The lowest BCUT2D eigenvalue weighted by atomic mass is 10.3. The van der Waals surface area contributed by atoms with Crippen LogP contribution in [0.15, 0.2) is 0 Å². The van der Waals surface area contributed by atoms with Crippen molar-refractivity contribution in [2.24, 2.45) is 0 Å². The lowest BCUT2D eigenvalue weighted by molar-refractivity contribution is -0.116. The zero-order chi connectivity index (χ0) is 6.78.